The number of hydrogen-bond acceptors (Lipinski definition) is 3. The number of benzene rings is 1. The van der Waals surface area contributed by atoms with Gasteiger partial charge in [-0.15, -0.1) is 0 Å². The van der Waals surface area contributed by atoms with Crippen molar-refractivity contribution in [2.45, 2.75) is 26.3 Å². The van der Waals surface area contributed by atoms with Crippen LogP contribution in [0.25, 0.3) is 0 Å². The Morgan fingerprint density at radius 3 is 2.67 bits per heavy atom. The minimum Gasteiger partial charge on any atom is -0.497 e. The molecule has 4 heteroatoms. The van der Waals surface area contributed by atoms with E-state index in [0.717, 1.165) is 13.0 Å². The Bertz CT molecular complexity index is 350. The molecular formula is C14H22FNO2. The van der Waals surface area contributed by atoms with Crippen LogP contribution in [0.4, 0.5) is 4.39 Å². The summed E-state index contributed by atoms with van der Waals surface area (Å²) in [6.45, 7) is 5.95. The van der Waals surface area contributed by atoms with Crippen molar-refractivity contribution in [3.8, 4) is 5.75 Å². The number of nitrogens with one attached hydrogen (secondary N) is 1. The number of halogens is 1. The molecule has 0 aliphatic rings. The average molecular weight is 255 g/mol. The second kappa shape index (κ2) is 8.06. The maximum absolute atomic E-state index is 14.0. The Hall–Kier alpha value is -1.13. The summed E-state index contributed by atoms with van der Waals surface area (Å²) in [5, 5.41) is 3.29. The van der Waals surface area contributed by atoms with Gasteiger partial charge in [-0.3, -0.25) is 0 Å². The molecule has 102 valence electrons. The molecule has 1 unspecified atom stereocenters. The summed E-state index contributed by atoms with van der Waals surface area (Å²) < 4.78 is 24.4. The van der Waals surface area contributed by atoms with Crippen molar-refractivity contribution in [1.82, 2.24) is 5.32 Å². The van der Waals surface area contributed by atoms with Gasteiger partial charge in [0.2, 0.25) is 0 Å². The van der Waals surface area contributed by atoms with E-state index in [9.17, 15) is 4.39 Å². The largest absolute Gasteiger partial charge is 0.497 e. The van der Waals surface area contributed by atoms with E-state index in [0.29, 0.717) is 24.5 Å². The third-order valence-electron chi connectivity index (χ3n) is 2.71. The van der Waals surface area contributed by atoms with Crippen LogP contribution in [0.15, 0.2) is 18.2 Å². The molecule has 3 nitrogen and oxygen atoms in total. The van der Waals surface area contributed by atoms with Gasteiger partial charge < -0.3 is 14.8 Å². The molecule has 0 spiro atoms. The Balaban J connectivity index is 2.82. The van der Waals surface area contributed by atoms with Crippen LogP contribution in [0, 0.1) is 5.82 Å². The molecule has 0 bridgehead atoms. The van der Waals surface area contributed by atoms with E-state index in [1.807, 2.05) is 6.92 Å². The van der Waals surface area contributed by atoms with Crippen LogP contribution >= 0.6 is 0 Å². The lowest BCUT2D eigenvalue weighted by Gasteiger charge is -2.19. The fourth-order valence-electron chi connectivity index (χ4n) is 1.73. The van der Waals surface area contributed by atoms with Crippen LogP contribution in [0.2, 0.25) is 0 Å². The van der Waals surface area contributed by atoms with Crippen molar-refractivity contribution in [2.75, 3.05) is 26.9 Å². The molecule has 1 atom stereocenters. The quantitative estimate of drug-likeness (QED) is 0.774. The second-order valence-corrected chi connectivity index (χ2v) is 4.05. The Morgan fingerprint density at radius 1 is 1.33 bits per heavy atom. The Morgan fingerprint density at radius 2 is 2.11 bits per heavy atom. The van der Waals surface area contributed by atoms with Gasteiger partial charge in [0.25, 0.3) is 0 Å². The van der Waals surface area contributed by atoms with Crippen molar-refractivity contribution < 1.29 is 13.9 Å². The monoisotopic (exact) mass is 255 g/mol. The van der Waals surface area contributed by atoms with Crippen LogP contribution in [-0.4, -0.2) is 26.9 Å². The fourth-order valence-corrected chi connectivity index (χ4v) is 1.73. The third-order valence-corrected chi connectivity index (χ3v) is 2.71. The molecular weight excluding hydrogens is 233 g/mol. The minimum absolute atomic E-state index is 0.115. The van der Waals surface area contributed by atoms with Gasteiger partial charge in [-0.2, -0.15) is 0 Å². The zero-order chi connectivity index (χ0) is 13.4. The van der Waals surface area contributed by atoms with Gasteiger partial charge in [0.05, 0.1) is 19.8 Å². The van der Waals surface area contributed by atoms with E-state index >= 15 is 0 Å². The van der Waals surface area contributed by atoms with Crippen LogP contribution in [0.3, 0.4) is 0 Å². The molecule has 0 saturated carbocycles. The maximum Gasteiger partial charge on any atom is 0.131 e. The smallest absolute Gasteiger partial charge is 0.131 e. The zero-order valence-electron chi connectivity index (χ0n) is 11.3. The standard InChI is InChI=1S/C14H22FNO2/c1-4-8-16-14(10-18-5-2)12-7-6-11(17-3)9-13(12)15/h6-7,9,14,16H,4-5,8,10H2,1-3H3. The summed E-state index contributed by atoms with van der Waals surface area (Å²) in [7, 11) is 1.53. The van der Waals surface area contributed by atoms with E-state index in [1.54, 1.807) is 12.1 Å². The molecule has 0 aliphatic carbocycles. The highest BCUT2D eigenvalue weighted by molar-refractivity contribution is 5.30. The average Bonchev–Trinajstić information content (AvgIpc) is 2.39. The molecule has 0 aromatic heterocycles. The molecule has 0 radical (unpaired) electrons. The maximum atomic E-state index is 14.0. The lowest BCUT2D eigenvalue weighted by atomic mass is 10.1. The molecule has 0 aliphatic heterocycles. The molecule has 1 aromatic carbocycles. The highest BCUT2D eigenvalue weighted by atomic mass is 19.1. The van der Waals surface area contributed by atoms with E-state index < -0.39 is 0 Å². The van der Waals surface area contributed by atoms with Crippen molar-refractivity contribution in [3.05, 3.63) is 29.6 Å². The van der Waals surface area contributed by atoms with Gasteiger partial charge in [-0.25, -0.2) is 4.39 Å². The predicted octanol–water partition coefficient (Wildman–Crippen LogP) is 2.91. The first-order valence-corrected chi connectivity index (χ1v) is 6.37. The fraction of sp³-hybridized carbons (Fsp3) is 0.571. The summed E-state index contributed by atoms with van der Waals surface area (Å²) in [4.78, 5) is 0. The summed E-state index contributed by atoms with van der Waals surface area (Å²) in [6.07, 6.45) is 1.00. The van der Waals surface area contributed by atoms with Gasteiger partial charge in [-0.05, 0) is 26.0 Å². The predicted molar refractivity (Wildman–Crippen MR) is 70.5 cm³/mol. The lowest BCUT2D eigenvalue weighted by Crippen LogP contribution is -2.27. The van der Waals surface area contributed by atoms with Gasteiger partial charge in [0, 0.05) is 18.2 Å². The van der Waals surface area contributed by atoms with Crippen molar-refractivity contribution in [2.24, 2.45) is 0 Å². The highest BCUT2D eigenvalue weighted by Crippen LogP contribution is 2.22. The van der Waals surface area contributed by atoms with E-state index in [1.165, 1.54) is 13.2 Å². The summed E-state index contributed by atoms with van der Waals surface area (Å²) >= 11 is 0. The van der Waals surface area contributed by atoms with Crippen LogP contribution in [0.1, 0.15) is 31.9 Å². The van der Waals surface area contributed by atoms with E-state index in [-0.39, 0.29) is 11.9 Å². The first-order chi connectivity index (χ1) is 8.72. The lowest BCUT2D eigenvalue weighted by molar-refractivity contribution is 0.122. The molecule has 0 fully saturated rings. The molecule has 0 heterocycles. The SMILES string of the molecule is CCCNC(COCC)c1ccc(OC)cc1F. The van der Waals surface area contributed by atoms with E-state index in [2.05, 4.69) is 12.2 Å². The summed E-state index contributed by atoms with van der Waals surface area (Å²) in [5.74, 6) is 0.268. The van der Waals surface area contributed by atoms with Gasteiger partial charge in [-0.1, -0.05) is 13.0 Å². The first kappa shape index (κ1) is 14.9. The second-order valence-electron chi connectivity index (χ2n) is 4.05. The topological polar surface area (TPSA) is 30.5 Å². The minimum atomic E-state index is -0.261. The summed E-state index contributed by atoms with van der Waals surface area (Å²) in [5.41, 5.74) is 0.623. The normalized spacial score (nSPS) is 12.4. The Kier molecular flexibility index (Phi) is 6.68. The first-order valence-electron chi connectivity index (χ1n) is 6.37. The van der Waals surface area contributed by atoms with Crippen molar-refractivity contribution >= 4 is 0 Å². The van der Waals surface area contributed by atoms with Crippen LogP contribution in [0.5, 0.6) is 5.75 Å². The molecule has 1 aromatic rings. The molecule has 1 rings (SSSR count). The van der Waals surface area contributed by atoms with Gasteiger partial charge in [0.1, 0.15) is 11.6 Å². The van der Waals surface area contributed by atoms with Crippen molar-refractivity contribution in [3.63, 3.8) is 0 Å². The van der Waals surface area contributed by atoms with E-state index in [4.69, 9.17) is 9.47 Å². The number of hydrogen-bond donors (Lipinski definition) is 1. The van der Waals surface area contributed by atoms with Crippen LogP contribution in [-0.2, 0) is 4.74 Å². The summed E-state index contributed by atoms with van der Waals surface area (Å²) in [6, 6.07) is 4.81. The molecule has 0 amide bonds. The number of methoxy groups -OCH3 is 1. The molecule has 1 N–H and O–H groups in total. The van der Waals surface area contributed by atoms with Gasteiger partial charge in [0.15, 0.2) is 0 Å². The van der Waals surface area contributed by atoms with Crippen LogP contribution < -0.4 is 10.1 Å². The highest BCUT2D eigenvalue weighted by Gasteiger charge is 2.15. The Labute approximate surface area is 108 Å². The zero-order valence-corrected chi connectivity index (χ0v) is 11.3. The van der Waals surface area contributed by atoms with Gasteiger partial charge >= 0.3 is 0 Å². The number of rotatable bonds is 8. The molecule has 0 saturated heterocycles. The number of ether oxygens (including phenoxy) is 2. The molecule has 18 heavy (non-hydrogen) atoms. The van der Waals surface area contributed by atoms with Crippen molar-refractivity contribution in [1.29, 1.82) is 0 Å². The third kappa shape index (κ3) is 4.27.